The van der Waals surface area contributed by atoms with Gasteiger partial charge in [-0.05, 0) is 37.8 Å². The molecular weight excluding hydrogens is 192 g/mol. The molecule has 2 aliphatic heterocycles. The molecule has 2 atom stereocenters. The van der Waals surface area contributed by atoms with Gasteiger partial charge >= 0.3 is 0 Å². The van der Waals surface area contributed by atoms with E-state index in [0.717, 1.165) is 38.9 Å². The second kappa shape index (κ2) is 5.93. The fourth-order valence-electron chi connectivity index (χ4n) is 1.82. The average Bonchev–Trinajstić information content (AvgIpc) is 2.88. The molecule has 0 spiro atoms. The first-order chi connectivity index (χ1) is 7.45. The Bertz CT molecular complexity index is 199. The molecule has 2 rings (SSSR count). The fourth-order valence-corrected chi connectivity index (χ4v) is 1.82. The van der Waals surface area contributed by atoms with E-state index in [4.69, 9.17) is 14.2 Å². The monoisotopic (exact) mass is 210 g/mol. The third kappa shape index (κ3) is 3.68. The molecule has 0 radical (unpaired) electrons. The predicted octanol–water partition coefficient (Wildman–Crippen LogP) is 2.39. The maximum absolute atomic E-state index is 5.42. The molecule has 0 bridgehead atoms. The number of hydrogen-bond acceptors (Lipinski definition) is 3. The van der Waals surface area contributed by atoms with Crippen molar-refractivity contribution in [3.05, 3.63) is 24.7 Å². The van der Waals surface area contributed by atoms with Crippen molar-refractivity contribution in [3.8, 4) is 0 Å². The lowest BCUT2D eigenvalue weighted by molar-refractivity contribution is 0.141. The third-order valence-electron chi connectivity index (χ3n) is 2.67. The summed E-state index contributed by atoms with van der Waals surface area (Å²) in [4.78, 5) is 0. The highest BCUT2D eigenvalue weighted by Crippen LogP contribution is 2.14. The summed E-state index contributed by atoms with van der Waals surface area (Å²) in [6, 6.07) is 0. The van der Waals surface area contributed by atoms with E-state index in [1.54, 1.807) is 12.5 Å². The summed E-state index contributed by atoms with van der Waals surface area (Å²) in [6.07, 6.45) is 12.3. The molecule has 0 amide bonds. The van der Waals surface area contributed by atoms with E-state index in [0.29, 0.717) is 0 Å². The SMILES string of the molecule is C(=CC1CCCO1)OC=CC1CCCO1. The zero-order valence-corrected chi connectivity index (χ0v) is 8.93. The van der Waals surface area contributed by atoms with E-state index in [1.165, 1.54) is 0 Å². The Balaban J connectivity index is 1.60. The second-order valence-electron chi connectivity index (χ2n) is 3.90. The van der Waals surface area contributed by atoms with Crippen LogP contribution < -0.4 is 0 Å². The van der Waals surface area contributed by atoms with Crippen molar-refractivity contribution < 1.29 is 14.2 Å². The topological polar surface area (TPSA) is 27.7 Å². The van der Waals surface area contributed by atoms with Crippen LogP contribution in [-0.2, 0) is 14.2 Å². The van der Waals surface area contributed by atoms with E-state index < -0.39 is 0 Å². The first-order valence-corrected chi connectivity index (χ1v) is 5.67. The minimum Gasteiger partial charge on any atom is -0.473 e. The van der Waals surface area contributed by atoms with Crippen LogP contribution in [-0.4, -0.2) is 25.4 Å². The molecule has 0 saturated carbocycles. The number of hydrogen-bond donors (Lipinski definition) is 0. The third-order valence-corrected chi connectivity index (χ3v) is 2.67. The van der Waals surface area contributed by atoms with Crippen LogP contribution in [0.5, 0.6) is 0 Å². The molecule has 2 unspecified atom stereocenters. The summed E-state index contributed by atoms with van der Waals surface area (Å²) in [5.74, 6) is 0. The van der Waals surface area contributed by atoms with Crippen LogP contribution >= 0.6 is 0 Å². The van der Waals surface area contributed by atoms with Crippen molar-refractivity contribution in [2.24, 2.45) is 0 Å². The van der Waals surface area contributed by atoms with Gasteiger partial charge in [0.15, 0.2) is 0 Å². The molecule has 2 fully saturated rings. The Hall–Kier alpha value is -0.800. The Morgan fingerprint density at radius 1 is 0.867 bits per heavy atom. The summed E-state index contributed by atoms with van der Waals surface area (Å²) in [5, 5.41) is 0. The van der Waals surface area contributed by atoms with Crippen molar-refractivity contribution in [2.75, 3.05) is 13.2 Å². The number of rotatable bonds is 4. The zero-order chi connectivity index (χ0) is 10.3. The molecule has 2 heterocycles. The maximum Gasteiger partial charge on any atom is 0.0887 e. The highest BCUT2D eigenvalue weighted by atomic mass is 16.5. The lowest BCUT2D eigenvalue weighted by atomic mass is 10.2. The molecule has 0 aliphatic carbocycles. The highest BCUT2D eigenvalue weighted by molar-refractivity contribution is 4.91. The normalized spacial score (nSPS) is 32.0. The van der Waals surface area contributed by atoms with Gasteiger partial charge in [-0.3, -0.25) is 0 Å². The van der Waals surface area contributed by atoms with Crippen LogP contribution in [0.3, 0.4) is 0 Å². The summed E-state index contributed by atoms with van der Waals surface area (Å²) < 4.78 is 16.1. The Morgan fingerprint density at radius 2 is 1.40 bits per heavy atom. The summed E-state index contributed by atoms with van der Waals surface area (Å²) in [7, 11) is 0. The number of ether oxygens (including phenoxy) is 3. The first kappa shape index (κ1) is 10.7. The molecular formula is C12H18O3. The Kier molecular flexibility index (Phi) is 4.23. The minimum absolute atomic E-state index is 0.251. The highest BCUT2D eigenvalue weighted by Gasteiger charge is 2.12. The molecule has 0 aromatic heterocycles. The van der Waals surface area contributed by atoms with Crippen LogP contribution in [0.1, 0.15) is 25.7 Å². The van der Waals surface area contributed by atoms with Gasteiger partial charge in [-0.25, -0.2) is 0 Å². The van der Waals surface area contributed by atoms with E-state index >= 15 is 0 Å². The molecule has 2 saturated heterocycles. The molecule has 2 aliphatic rings. The van der Waals surface area contributed by atoms with Crippen molar-refractivity contribution in [3.63, 3.8) is 0 Å². The summed E-state index contributed by atoms with van der Waals surface area (Å²) in [5.41, 5.74) is 0. The molecule has 3 nitrogen and oxygen atoms in total. The summed E-state index contributed by atoms with van der Waals surface area (Å²) in [6.45, 7) is 1.75. The van der Waals surface area contributed by atoms with Crippen molar-refractivity contribution in [1.29, 1.82) is 0 Å². The Morgan fingerprint density at radius 3 is 1.80 bits per heavy atom. The first-order valence-electron chi connectivity index (χ1n) is 5.67. The van der Waals surface area contributed by atoms with Crippen molar-refractivity contribution in [1.82, 2.24) is 0 Å². The smallest absolute Gasteiger partial charge is 0.0887 e. The predicted molar refractivity (Wildman–Crippen MR) is 57.3 cm³/mol. The van der Waals surface area contributed by atoms with Gasteiger partial charge in [0.1, 0.15) is 0 Å². The minimum atomic E-state index is 0.251. The molecule has 0 aromatic carbocycles. The van der Waals surface area contributed by atoms with Gasteiger partial charge in [-0.2, -0.15) is 0 Å². The van der Waals surface area contributed by atoms with E-state index in [1.807, 2.05) is 12.2 Å². The van der Waals surface area contributed by atoms with Crippen LogP contribution in [0.4, 0.5) is 0 Å². The van der Waals surface area contributed by atoms with E-state index in [2.05, 4.69) is 0 Å². The van der Waals surface area contributed by atoms with Gasteiger partial charge < -0.3 is 14.2 Å². The average molecular weight is 210 g/mol. The van der Waals surface area contributed by atoms with Crippen LogP contribution in [0.25, 0.3) is 0 Å². The molecule has 0 N–H and O–H groups in total. The summed E-state index contributed by atoms with van der Waals surface area (Å²) >= 11 is 0. The van der Waals surface area contributed by atoms with Gasteiger partial charge in [0.25, 0.3) is 0 Å². The fraction of sp³-hybridized carbons (Fsp3) is 0.667. The van der Waals surface area contributed by atoms with Gasteiger partial charge in [-0.1, -0.05) is 0 Å². The molecule has 84 valence electrons. The van der Waals surface area contributed by atoms with E-state index in [-0.39, 0.29) is 12.2 Å². The van der Waals surface area contributed by atoms with Crippen LogP contribution in [0.2, 0.25) is 0 Å². The van der Waals surface area contributed by atoms with Crippen LogP contribution in [0, 0.1) is 0 Å². The van der Waals surface area contributed by atoms with Gasteiger partial charge in [-0.15, -0.1) is 0 Å². The quantitative estimate of drug-likeness (QED) is 0.667. The molecule has 0 aromatic rings. The van der Waals surface area contributed by atoms with Crippen molar-refractivity contribution in [2.45, 2.75) is 37.9 Å². The molecule has 15 heavy (non-hydrogen) atoms. The largest absolute Gasteiger partial charge is 0.473 e. The maximum atomic E-state index is 5.42. The lowest BCUT2D eigenvalue weighted by Gasteiger charge is -2.02. The van der Waals surface area contributed by atoms with E-state index in [9.17, 15) is 0 Å². The Labute approximate surface area is 90.7 Å². The van der Waals surface area contributed by atoms with Crippen molar-refractivity contribution >= 4 is 0 Å². The van der Waals surface area contributed by atoms with Crippen LogP contribution in [0.15, 0.2) is 24.7 Å². The van der Waals surface area contributed by atoms with Gasteiger partial charge in [0.05, 0.1) is 24.7 Å². The lowest BCUT2D eigenvalue weighted by Crippen LogP contribution is -1.99. The van der Waals surface area contributed by atoms with Gasteiger partial charge in [0.2, 0.25) is 0 Å². The molecule has 3 heteroatoms. The van der Waals surface area contributed by atoms with Gasteiger partial charge in [0, 0.05) is 13.2 Å². The second-order valence-corrected chi connectivity index (χ2v) is 3.90. The standard InChI is InChI=1S/C12H18O3/c1-3-11(14-7-1)5-9-13-10-6-12-4-2-8-15-12/h5-6,9-12H,1-4,7-8H2. The zero-order valence-electron chi connectivity index (χ0n) is 8.93.